The number of alkyl halides is 3. The van der Waals surface area contributed by atoms with E-state index in [1.807, 2.05) is 0 Å². The molecule has 1 amide bonds. The Labute approximate surface area is 152 Å². The van der Waals surface area contributed by atoms with Crippen molar-refractivity contribution in [3.8, 4) is 0 Å². The summed E-state index contributed by atoms with van der Waals surface area (Å²) in [5, 5.41) is 6.53. The van der Waals surface area contributed by atoms with Crippen LogP contribution in [-0.2, 0) is 9.53 Å². The summed E-state index contributed by atoms with van der Waals surface area (Å²) in [6, 6.07) is 0.130. The Kier molecular flexibility index (Phi) is 7.55. The average Bonchev–Trinajstić information content (AvgIpc) is 2.60. The summed E-state index contributed by atoms with van der Waals surface area (Å²) in [5.74, 6) is -0.832. The van der Waals surface area contributed by atoms with Gasteiger partial charge in [0.05, 0.1) is 5.92 Å². The zero-order valence-electron chi connectivity index (χ0n) is 15.4. The minimum absolute atomic E-state index is 0.00342. The highest BCUT2D eigenvalue weighted by atomic mass is 19.4. The molecule has 0 aromatic heterocycles. The molecule has 0 atom stereocenters. The first-order valence-corrected chi connectivity index (χ1v) is 9.18. The maximum atomic E-state index is 12.8. The third-order valence-electron chi connectivity index (χ3n) is 4.96. The number of carbonyl (C=O) groups excluding carboxylic acids is 1. The molecule has 0 radical (unpaired) electrons. The lowest BCUT2D eigenvalue weighted by Gasteiger charge is -2.32. The number of carbonyl (C=O) groups is 1. The van der Waals surface area contributed by atoms with Crippen LogP contribution in [0.1, 0.15) is 38.5 Å². The molecule has 2 fully saturated rings. The smallest absolute Gasteiger partial charge is 0.381 e. The van der Waals surface area contributed by atoms with Gasteiger partial charge in [-0.15, -0.1) is 0 Å². The Morgan fingerprint density at radius 3 is 2.08 bits per heavy atom. The molecular formula is C17H29F3N4O2. The average molecular weight is 378 g/mol. The van der Waals surface area contributed by atoms with E-state index in [9.17, 15) is 18.0 Å². The third kappa shape index (κ3) is 6.66. The van der Waals surface area contributed by atoms with Gasteiger partial charge in [-0.1, -0.05) is 0 Å². The number of nitrogens with zero attached hydrogens (tertiary/aromatic N) is 2. The molecule has 1 aliphatic carbocycles. The number of nitrogens with one attached hydrogen (secondary N) is 2. The van der Waals surface area contributed by atoms with Crippen LogP contribution >= 0.6 is 0 Å². The van der Waals surface area contributed by atoms with Gasteiger partial charge in [0.2, 0.25) is 5.91 Å². The Balaban J connectivity index is 1.92. The lowest BCUT2D eigenvalue weighted by Crippen LogP contribution is -2.50. The van der Waals surface area contributed by atoms with E-state index in [-0.39, 0.29) is 37.4 Å². The first-order chi connectivity index (χ1) is 12.3. The fourth-order valence-electron chi connectivity index (χ4n) is 3.21. The second kappa shape index (κ2) is 9.43. The van der Waals surface area contributed by atoms with Crippen molar-refractivity contribution < 1.29 is 22.7 Å². The molecule has 0 unspecified atom stereocenters. The summed E-state index contributed by atoms with van der Waals surface area (Å²) in [6.07, 6.45) is -1.29. The van der Waals surface area contributed by atoms with Crippen LogP contribution in [-0.4, -0.2) is 68.9 Å². The van der Waals surface area contributed by atoms with Crippen molar-refractivity contribution in [1.82, 2.24) is 15.5 Å². The zero-order valence-corrected chi connectivity index (χ0v) is 15.4. The van der Waals surface area contributed by atoms with Crippen molar-refractivity contribution in [2.75, 3.05) is 33.9 Å². The molecule has 0 aromatic rings. The first-order valence-electron chi connectivity index (χ1n) is 9.18. The van der Waals surface area contributed by atoms with Crippen molar-refractivity contribution in [3.63, 3.8) is 0 Å². The number of rotatable bonds is 4. The van der Waals surface area contributed by atoms with Gasteiger partial charge < -0.3 is 20.3 Å². The molecular weight excluding hydrogens is 349 g/mol. The van der Waals surface area contributed by atoms with E-state index in [2.05, 4.69) is 15.6 Å². The highest BCUT2D eigenvalue weighted by molar-refractivity contribution is 5.85. The van der Waals surface area contributed by atoms with E-state index in [4.69, 9.17) is 4.74 Å². The van der Waals surface area contributed by atoms with E-state index in [0.717, 1.165) is 12.8 Å². The summed E-state index contributed by atoms with van der Waals surface area (Å²) in [7, 11) is 3.32. The fraction of sp³-hybridized carbons (Fsp3) is 0.882. The standard InChI is InChI=1S/C17H29F3N4O2/c1-24(2)15(25)11-21-16(23-14-7-9-26-10-8-14)22-13-5-3-12(4-6-13)17(18,19)20/h12-14H,3-11H2,1-2H3,(H2,21,22,23). The quantitative estimate of drug-likeness (QED) is 0.579. The van der Waals surface area contributed by atoms with Crippen molar-refractivity contribution in [3.05, 3.63) is 0 Å². The normalized spacial score (nSPS) is 25.7. The van der Waals surface area contributed by atoms with Crippen molar-refractivity contribution in [2.24, 2.45) is 10.9 Å². The highest BCUT2D eigenvalue weighted by Gasteiger charge is 2.41. The summed E-state index contributed by atoms with van der Waals surface area (Å²) < 4.78 is 43.8. The SMILES string of the molecule is CN(C)C(=O)CN=C(NC1CCOCC1)NC1CCC(C(F)(F)F)CC1. The Bertz CT molecular complexity index is 483. The highest BCUT2D eigenvalue weighted by Crippen LogP contribution is 2.37. The van der Waals surface area contributed by atoms with Gasteiger partial charge in [-0.3, -0.25) is 4.79 Å². The Morgan fingerprint density at radius 2 is 1.58 bits per heavy atom. The fourth-order valence-corrected chi connectivity index (χ4v) is 3.21. The number of aliphatic imine (C=N–C) groups is 1. The van der Waals surface area contributed by atoms with Gasteiger partial charge in [-0.25, -0.2) is 4.99 Å². The van der Waals surface area contributed by atoms with E-state index in [1.165, 1.54) is 4.90 Å². The molecule has 2 N–H and O–H groups in total. The maximum absolute atomic E-state index is 12.8. The molecule has 6 nitrogen and oxygen atoms in total. The summed E-state index contributed by atoms with van der Waals surface area (Å²) in [5.41, 5.74) is 0. The van der Waals surface area contributed by atoms with Crippen LogP contribution in [0.25, 0.3) is 0 Å². The van der Waals surface area contributed by atoms with Crippen LogP contribution in [0.15, 0.2) is 4.99 Å². The van der Waals surface area contributed by atoms with Gasteiger partial charge in [-0.05, 0) is 38.5 Å². The molecule has 0 bridgehead atoms. The second-order valence-corrected chi connectivity index (χ2v) is 7.22. The molecule has 1 heterocycles. The minimum atomic E-state index is -4.11. The molecule has 2 aliphatic rings. The van der Waals surface area contributed by atoms with E-state index in [1.54, 1.807) is 14.1 Å². The number of ether oxygens (including phenoxy) is 1. The first kappa shape index (κ1) is 20.8. The van der Waals surface area contributed by atoms with Gasteiger partial charge in [0.25, 0.3) is 0 Å². The Morgan fingerprint density at radius 1 is 1.04 bits per heavy atom. The largest absolute Gasteiger partial charge is 0.391 e. The van der Waals surface area contributed by atoms with Crippen molar-refractivity contribution >= 4 is 11.9 Å². The number of likely N-dealkylation sites (N-methyl/N-ethyl adjacent to an activating group) is 1. The molecule has 9 heteroatoms. The van der Waals surface area contributed by atoms with Gasteiger partial charge in [0.1, 0.15) is 6.54 Å². The second-order valence-electron chi connectivity index (χ2n) is 7.22. The van der Waals surface area contributed by atoms with Gasteiger partial charge in [0.15, 0.2) is 5.96 Å². The molecule has 2 rings (SSSR count). The van der Waals surface area contributed by atoms with E-state index < -0.39 is 12.1 Å². The lowest BCUT2D eigenvalue weighted by molar-refractivity contribution is -0.182. The number of halogens is 3. The Hall–Kier alpha value is -1.51. The number of guanidine groups is 1. The minimum Gasteiger partial charge on any atom is -0.381 e. The van der Waals surface area contributed by atoms with Crippen LogP contribution in [0.5, 0.6) is 0 Å². The third-order valence-corrected chi connectivity index (χ3v) is 4.96. The van der Waals surface area contributed by atoms with Crippen molar-refractivity contribution in [2.45, 2.75) is 56.8 Å². The molecule has 0 aromatic carbocycles. The summed E-state index contributed by atoms with van der Waals surface area (Å²) in [4.78, 5) is 17.6. The molecule has 26 heavy (non-hydrogen) atoms. The summed E-state index contributed by atoms with van der Waals surface area (Å²) >= 11 is 0. The molecule has 1 saturated carbocycles. The summed E-state index contributed by atoms with van der Waals surface area (Å²) in [6.45, 7) is 1.33. The van der Waals surface area contributed by atoms with Gasteiger partial charge >= 0.3 is 6.18 Å². The van der Waals surface area contributed by atoms with Crippen LogP contribution in [0.4, 0.5) is 13.2 Å². The number of amides is 1. The van der Waals surface area contributed by atoms with E-state index in [0.29, 0.717) is 32.0 Å². The van der Waals surface area contributed by atoms with Crippen LogP contribution in [0.2, 0.25) is 0 Å². The zero-order chi connectivity index (χ0) is 19.2. The predicted molar refractivity (Wildman–Crippen MR) is 92.9 cm³/mol. The topological polar surface area (TPSA) is 66.0 Å². The van der Waals surface area contributed by atoms with E-state index >= 15 is 0 Å². The maximum Gasteiger partial charge on any atom is 0.391 e. The van der Waals surface area contributed by atoms with Gasteiger partial charge in [0, 0.05) is 39.4 Å². The lowest BCUT2D eigenvalue weighted by atomic mass is 9.85. The van der Waals surface area contributed by atoms with Crippen molar-refractivity contribution in [1.29, 1.82) is 0 Å². The van der Waals surface area contributed by atoms with Crippen LogP contribution in [0, 0.1) is 5.92 Å². The van der Waals surface area contributed by atoms with Crippen LogP contribution < -0.4 is 10.6 Å². The predicted octanol–water partition coefficient (Wildman–Crippen LogP) is 1.91. The molecule has 1 saturated heterocycles. The number of hydrogen-bond donors (Lipinski definition) is 2. The molecule has 150 valence electrons. The molecule has 0 spiro atoms. The molecule has 1 aliphatic heterocycles. The number of hydrogen-bond acceptors (Lipinski definition) is 3. The van der Waals surface area contributed by atoms with Crippen LogP contribution in [0.3, 0.4) is 0 Å². The monoisotopic (exact) mass is 378 g/mol. The van der Waals surface area contributed by atoms with Gasteiger partial charge in [-0.2, -0.15) is 13.2 Å².